The van der Waals surface area contributed by atoms with Crippen LogP contribution in [0, 0.1) is 0 Å². The van der Waals surface area contributed by atoms with E-state index < -0.39 is 0 Å². The van der Waals surface area contributed by atoms with Gasteiger partial charge in [0.1, 0.15) is 11.8 Å². The molecule has 100 valence electrons. The average molecular weight is 259 g/mol. The molecule has 0 aliphatic heterocycles. The standard InChI is InChI=1S/C14H17N3O2/c1-11(17-9-3-8-15-17)14(19)16(2)10-12-4-6-13(18)7-5-12/h3-9,11,18H,10H2,1-2H3. The van der Waals surface area contributed by atoms with Crippen molar-refractivity contribution in [2.75, 3.05) is 7.05 Å². The average Bonchev–Trinajstić information content (AvgIpc) is 2.93. The van der Waals surface area contributed by atoms with Gasteiger partial charge in [-0.05, 0) is 30.7 Å². The van der Waals surface area contributed by atoms with Crippen molar-refractivity contribution in [1.29, 1.82) is 0 Å². The zero-order chi connectivity index (χ0) is 13.8. The molecule has 1 N–H and O–H groups in total. The van der Waals surface area contributed by atoms with Crippen molar-refractivity contribution in [1.82, 2.24) is 14.7 Å². The minimum Gasteiger partial charge on any atom is -0.508 e. The van der Waals surface area contributed by atoms with Gasteiger partial charge >= 0.3 is 0 Å². The number of rotatable bonds is 4. The highest BCUT2D eigenvalue weighted by molar-refractivity contribution is 5.79. The molecule has 19 heavy (non-hydrogen) atoms. The Balaban J connectivity index is 2.01. The molecule has 0 aliphatic carbocycles. The number of carbonyl (C=O) groups is 1. The number of hydrogen-bond acceptors (Lipinski definition) is 3. The third-order valence-corrected chi connectivity index (χ3v) is 3.01. The maximum absolute atomic E-state index is 12.2. The minimum absolute atomic E-state index is 0.00299. The number of phenolic OH excluding ortho intramolecular Hbond substituents is 1. The van der Waals surface area contributed by atoms with Gasteiger partial charge in [0.05, 0.1) is 0 Å². The van der Waals surface area contributed by atoms with Crippen molar-refractivity contribution in [2.45, 2.75) is 19.5 Å². The van der Waals surface area contributed by atoms with Gasteiger partial charge in [0.2, 0.25) is 5.91 Å². The molecule has 0 fully saturated rings. The van der Waals surface area contributed by atoms with Gasteiger partial charge in [-0.3, -0.25) is 9.48 Å². The molecular weight excluding hydrogens is 242 g/mol. The van der Waals surface area contributed by atoms with Gasteiger partial charge in [-0.15, -0.1) is 0 Å². The maximum Gasteiger partial charge on any atom is 0.247 e. The van der Waals surface area contributed by atoms with Gasteiger partial charge < -0.3 is 10.0 Å². The second-order valence-corrected chi connectivity index (χ2v) is 4.52. The van der Waals surface area contributed by atoms with Gasteiger partial charge in [-0.1, -0.05) is 12.1 Å². The van der Waals surface area contributed by atoms with E-state index in [0.29, 0.717) is 6.54 Å². The molecule has 1 aromatic carbocycles. The number of carbonyl (C=O) groups excluding carboxylic acids is 1. The quantitative estimate of drug-likeness (QED) is 0.911. The van der Waals surface area contributed by atoms with Gasteiger partial charge in [0, 0.05) is 26.0 Å². The number of aromatic hydroxyl groups is 1. The summed E-state index contributed by atoms with van der Waals surface area (Å²) in [5.41, 5.74) is 0.973. The molecule has 0 saturated heterocycles. The first-order valence-corrected chi connectivity index (χ1v) is 6.10. The zero-order valence-corrected chi connectivity index (χ0v) is 11.0. The lowest BCUT2D eigenvalue weighted by molar-refractivity contribution is -0.133. The van der Waals surface area contributed by atoms with E-state index in [4.69, 9.17) is 0 Å². The van der Waals surface area contributed by atoms with Crippen LogP contribution in [0.1, 0.15) is 18.5 Å². The summed E-state index contributed by atoms with van der Waals surface area (Å²) >= 11 is 0. The summed E-state index contributed by atoms with van der Waals surface area (Å²) in [7, 11) is 1.76. The number of likely N-dealkylation sites (N-methyl/N-ethyl adjacent to an activating group) is 1. The molecule has 5 nitrogen and oxygen atoms in total. The van der Waals surface area contributed by atoms with Gasteiger partial charge in [0.15, 0.2) is 0 Å². The van der Waals surface area contributed by atoms with Crippen LogP contribution in [0.2, 0.25) is 0 Å². The molecular formula is C14H17N3O2. The largest absolute Gasteiger partial charge is 0.508 e. The lowest BCUT2D eigenvalue weighted by Gasteiger charge is -2.21. The normalized spacial score (nSPS) is 12.1. The lowest BCUT2D eigenvalue weighted by atomic mass is 10.2. The van der Waals surface area contributed by atoms with Crippen molar-refractivity contribution in [3.05, 3.63) is 48.3 Å². The number of amides is 1. The fourth-order valence-electron chi connectivity index (χ4n) is 1.89. The number of hydrogen-bond donors (Lipinski definition) is 1. The van der Waals surface area contributed by atoms with Crippen LogP contribution in [0.5, 0.6) is 5.75 Å². The molecule has 1 heterocycles. The van der Waals surface area contributed by atoms with Crippen LogP contribution in [0.3, 0.4) is 0 Å². The first-order valence-electron chi connectivity index (χ1n) is 6.10. The number of aromatic nitrogens is 2. The molecule has 2 rings (SSSR count). The number of phenols is 1. The summed E-state index contributed by atoms with van der Waals surface area (Å²) in [6, 6.07) is 8.31. The molecule has 1 atom stereocenters. The van der Waals surface area contributed by atoms with Crippen LogP contribution in [-0.4, -0.2) is 32.7 Å². The minimum atomic E-state index is -0.322. The Morgan fingerprint density at radius 1 is 1.42 bits per heavy atom. The Bertz CT molecular complexity index is 534. The van der Waals surface area contributed by atoms with E-state index in [1.807, 2.05) is 6.92 Å². The van der Waals surface area contributed by atoms with Crippen molar-refractivity contribution >= 4 is 5.91 Å². The summed E-state index contributed by atoms with van der Waals surface area (Å²) in [5.74, 6) is 0.222. The predicted octanol–water partition coefficient (Wildman–Crippen LogP) is 1.81. The topological polar surface area (TPSA) is 58.4 Å². The van der Waals surface area contributed by atoms with E-state index >= 15 is 0 Å². The molecule has 1 amide bonds. The summed E-state index contributed by atoms with van der Waals surface area (Å²) in [4.78, 5) is 13.9. The summed E-state index contributed by atoms with van der Waals surface area (Å²) in [5, 5.41) is 13.3. The second kappa shape index (κ2) is 5.56. The molecule has 0 bridgehead atoms. The second-order valence-electron chi connectivity index (χ2n) is 4.52. The summed E-state index contributed by atoms with van der Waals surface area (Å²) in [6.45, 7) is 2.33. The predicted molar refractivity (Wildman–Crippen MR) is 71.5 cm³/mol. The Morgan fingerprint density at radius 3 is 2.68 bits per heavy atom. The molecule has 0 radical (unpaired) electrons. The van der Waals surface area contributed by atoms with Crippen molar-refractivity contribution < 1.29 is 9.90 Å². The Morgan fingerprint density at radius 2 is 2.11 bits per heavy atom. The van der Waals surface area contributed by atoms with E-state index in [1.165, 1.54) is 0 Å². The monoisotopic (exact) mass is 259 g/mol. The van der Waals surface area contributed by atoms with E-state index in [9.17, 15) is 9.90 Å². The first kappa shape index (κ1) is 13.1. The Kier molecular flexibility index (Phi) is 3.85. The van der Waals surface area contributed by atoms with E-state index in [0.717, 1.165) is 5.56 Å². The van der Waals surface area contributed by atoms with Crippen molar-refractivity contribution in [3.63, 3.8) is 0 Å². The highest BCUT2D eigenvalue weighted by Crippen LogP contribution is 2.13. The fourth-order valence-corrected chi connectivity index (χ4v) is 1.89. The van der Waals surface area contributed by atoms with E-state index in [2.05, 4.69) is 5.10 Å². The van der Waals surface area contributed by atoms with Gasteiger partial charge in [0.25, 0.3) is 0 Å². The molecule has 2 aromatic rings. The highest BCUT2D eigenvalue weighted by Gasteiger charge is 2.19. The highest BCUT2D eigenvalue weighted by atomic mass is 16.3. The molecule has 5 heteroatoms. The van der Waals surface area contributed by atoms with Crippen LogP contribution in [0.15, 0.2) is 42.7 Å². The lowest BCUT2D eigenvalue weighted by Crippen LogP contribution is -2.32. The van der Waals surface area contributed by atoms with Crippen LogP contribution in [0.25, 0.3) is 0 Å². The van der Waals surface area contributed by atoms with E-state index in [-0.39, 0.29) is 17.7 Å². The number of nitrogens with zero attached hydrogens (tertiary/aromatic N) is 3. The molecule has 0 spiro atoms. The third-order valence-electron chi connectivity index (χ3n) is 3.01. The fraction of sp³-hybridized carbons (Fsp3) is 0.286. The van der Waals surface area contributed by atoms with Crippen LogP contribution in [-0.2, 0) is 11.3 Å². The van der Waals surface area contributed by atoms with Gasteiger partial charge in [-0.25, -0.2) is 0 Å². The molecule has 0 aliphatic rings. The van der Waals surface area contributed by atoms with Crippen molar-refractivity contribution in [3.8, 4) is 5.75 Å². The number of benzene rings is 1. The summed E-state index contributed by atoms with van der Waals surface area (Å²) in [6.07, 6.45) is 3.43. The SMILES string of the molecule is CC(C(=O)N(C)Cc1ccc(O)cc1)n1cccn1. The summed E-state index contributed by atoms with van der Waals surface area (Å²) < 4.78 is 1.63. The Labute approximate surface area is 112 Å². The van der Waals surface area contributed by atoms with Crippen molar-refractivity contribution in [2.24, 2.45) is 0 Å². The molecule has 1 aromatic heterocycles. The Hall–Kier alpha value is -2.30. The third kappa shape index (κ3) is 3.13. The van der Waals surface area contributed by atoms with Crippen LogP contribution < -0.4 is 0 Å². The molecule has 1 unspecified atom stereocenters. The van der Waals surface area contributed by atoms with Gasteiger partial charge in [-0.2, -0.15) is 5.10 Å². The smallest absolute Gasteiger partial charge is 0.247 e. The van der Waals surface area contributed by atoms with Crippen LogP contribution in [0.4, 0.5) is 0 Å². The van der Waals surface area contributed by atoms with E-state index in [1.54, 1.807) is 59.4 Å². The zero-order valence-electron chi connectivity index (χ0n) is 11.0. The first-order chi connectivity index (χ1) is 9.08. The van der Waals surface area contributed by atoms with Crippen LogP contribution >= 0.6 is 0 Å². The molecule has 0 saturated carbocycles. The maximum atomic E-state index is 12.2.